The van der Waals surface area contributed by atoms with Gasteiger partial charge in [-0.3, -0.25) is 4.79 Å². The van der Waals surface area contributed by atoms with E-state index in [0.29, 0.717) is 31.5 Å². The molecule has 0 aromatic heterocycles. The number of rotatable bonds is 3. The van der Waals surface area contributed by atoms with Gasteiger partial charge in [0.15, 0.2) is 0 Å². The van der Waals surface area contributed by atoms with E-state index in [0.717, 1.165) is 12.0 Å². The summed E-state index contributed by atoms with van der Waals surface area (Å²) >= 11 is 0. The van der Waals surface area contributed by atoms with Crippen molar-refractivity contribution in [2.45, 2.75) is 31.4 Å². The molecule has 134 valence electrons. The van der Waals surface area contributed by atoms with E-state index in [-0.39, 0.29) is 17.6 Å². The molecule has 0 bridgehead atoms. The maximum Gasteiger partial charge on any atom is 0.253 e. The van der Waals surface area contributed by atoms with E-state index < -0.39 is 6.17 Å². The van der Waals surface area contributed by atoms with E-state index >= 15 is 0 Å². The summed E-state index contributed by atoms with van der Waals surface area (Å²) < 4.78 is 13.3. The van der Waals surface area contributed by atoms with Gasteiger partial charge >= 0.3 is 0 Å². The molecule has 3 nitrogen and oxygen atoms in total. The van der Waals surface area contributed by atoms with Crippen LogP contribution in [0.1, 0.15) is 45.8 Å². The largest absolute Gasteiger partial charge is 0.508 e. The predicted molar refractivity (Wildman–Crippen MR) is 100 cm³/mol. The highest BCUT2D eigenvalue weighted by molar-refractivity contribution is 5.95. The Morgan fingerprint density at radius 2 is 1.85 bits per heavy atom. The number of likely N-dealkylation sites (tertiary alicyclic amines) is 1. The highest BCUT2D eigenvalue weighted by atomic mass is 19.1. The Bertz CT molecular complexity index is 836. The predicted octanol–water partition coefficient (Wildman–Crippen LogP) is 4.32. The van der Waals surface area contributed by atoms with Crippen molar-refractivity contribution in [1.82, 2.24) is 4.90 Å². The number of nitrogens with zero attached hydrogens (tertiary/aromatic N) is 1. The van der Waals surface area contributed by atoms with E-state index in [1.807, 2.05) is 30.3 Å². The summed E-state index contributed by atoms with van der Waals surface area (Å²) in [4.78, 5) is 14.4. The fourth-order valence-electron chi connectivity index (χ4n) is 3.81. The zero-order valence-electron chi connectivity index (χ0n) is 14.6. The minimum Gasteiger partial charge on any atom is -0.508 e. The lowest BCUT2D eigenvalue weighted by atomic mass is 9.92. The van der Waals surface area contributed by atoms with E-state index in [4.69, 9.17) is 0 Å². The number of carbonyl (C=O) groups excluding carboxylic acids is 1. The van der Waals surface area contributed by atoms with Gasteiger partial charge in [0.05, 0.1) is 0 Å². The topological polar surface area (TPSA) is 40.5 Å². The van der Waals surface area contributed by atoms with Crippen molar-refractivity contribution >= 4 is 12.0 Å². The normalized spacial score (nSPS) is 19.6. The number of aromatic hydroxyl groups is 1. The van der Waals surface area contributed by atoms with Gasteiger partial charge in [-0.15, -0.1) is 0 Å². The lowest BCUT2D eigenvalue weighted by molar-refractivity contribution is 0.0667. The van der Waals surface area contributed by atoms with E-state index in [1.54, 1.807) is 17.0 Å². The molecule has 4 heteroatoms. The first-order valence-electron chi connectivity index (χ1n) is 9.13. The Hall–Kier alpha value is -2.62. The minimum atomic E-state index is -0.775. The summed E-state index contributed by atoms with van der Waals surface area (Å²) in [5.41, 5.74) is 4.15. The molecular weight excluding hydrogens is 329 g/mol. The third-order valence-corrected chi connectivity index (χ3v) is 5.34. The lowest BCUT2D eigenvalue weighted by Gasteiger charge is -2.28. The average Bonchev–Trinajstić information content (AvgIpc) is 3.06. The highest BCUT2D eigenvalue weighted by Crippen LogP contribution is 2.34. The van der Waals surface area contributed by atoms with Crippen molar-refractivity contribution < 1.29 is 14.3 Å². The van der Waals surface area contributed by atoms with Crippen LogP contribution >= 0.6 is 0 Å². The van der Waals surface area contributed by atoms with Crippen LogP contribution < -0.4 is 0 Å². The van der Waals surface area contributed by atoms with Gasteiger partial charge in [-0.25, -0.2) is 4.39 Å². The van der Waals surface area contributed by atoms with Crippen LogP contribution in [-0.4, -0.2) is 35.2 Å². The molecule has 1 N–H and O–H groups in total. The number of phenolic OH excluding ortho intramolecular Hbond substituents is 1. The molecule has 1 aliphatic heterocycles. The van der Waals surface area contributed by atoms with Gasteiger partial charge < -0.3 is 10.0 Å². The monoisotopic (exact) mass is 351 g/mol. The molecule has 2 aliphatic rings. The van der Waals surface area contributed by atoms with Gasteiger partial charge in [0.2, 0.25) is 0 Å². The van der Waals surface area contributed by atoms with Gasteiger partial charge in [-0.05, 0) is 60.2 Å². The van der Waals surface area contributed by atoms with Crippen LogP contribution in [0.5, 0.6) is 5.75 Å². The number of benzene rings is 2. The van der Waals surface area contributed by atoms with Crippen molar-refractivity contribution in [1.29, 1.82) is 0 Å². The first-order chi connectivity index (χ1) is 12.6. The number of carbonyl (C=O) groups is 1. The molecule has 1 heterocycles. The van der Waals surface area contributed by atoms with Crippen LogP contribution in [0, 0.1) is 0 Å². The zero-order valence-corrected chi connectivity index (χ0v) is 14.6. The van der Waals surface area contributed by atoms with Crippen molar-refractivity contribution in [2.75, 3.05) is 13.1 Å². The third kappa shape index (κ3) is 3.36. The molecule has 4 rings (SSSR count). The molecule has 2 aromatic carbocycles. The maximum atomic E-state index is 13.3. The molecule has 2 aromatic rings. The number of allylic oxidation sites excluding steroid dienone is 1. The molecule has 1 fully saturated rings. The second kappa shape index (κ2) is 6.94. The Kier molecular flexibility index (Phi) is 4.49. The Morgan fingerprint density at radius 3 is 2.58 bits per heavy atom. The Labute approximate surface area is 152 Å². The van der Waals surface area contributed by atoms with Gasteiger partial charge in [0.25, 0.3) is 5.91 Å². The quantitative estimate of drug-likeness (QED) is 0.895. The van der Waals surface area contributed by atoms with Gasteiger partial charge in [0.1, 0.15) is 11.9 Å². The second-order valence-corrected chi connectivity index (χ2v) is 7.15. The standard InChI is InChI=1S/C22H22FNO2/c23-19-9-11-24(12-10-19)22(26)18-5-8-21-16(3-4-17(21)14-18)13-15-1-6-20(25)7-2-15/h1-8,14,16,19,25H,9-13H2. The van der Waals surface area contributed by atoms with Crippen molar-refractivity contribution in [3.05, 3.63) is 70.8 Å². The SMILES string of the molecule is O=C(c1ccc2c(c1)C=CC2Cc1ccc(O)cc1)N1CCC(F)CC1. The van der Waals surface area contributed by atoms with Crippen LogP contribution in [0.4, 0.5) is 4.39 Å². The molecule has 0 radical (unpaired) electrons. The Morgan fingerprint density at radius 1 is 1.12 bits per heavy atom. The van der Waals surface area contributed by atoms with Crippen molar-refractivity contribution in [2.24, 2.45) is 0 Å². The van der Waals surface area contributed by atoms with Gasteiger partial charge in [-0.1, -0.05) is 30.4 Å². The van der Waals surface area contributed by atoms with Crippen LogP contribution in [0.2, 0.25) is 0 Å². The number of phenols is 1. The third-order valence-electron chi connectivity index (χ3n) is 5.34. The van der Waals surface area contributed by atoms with Crippen molar-refractivity contribution in [3.63, 3.8) is 0 Å². The second-order valence-electron chi connectivity index (χ2n) is 7.15. The number of halogens is 1. The lowest BCUT2D eigenvalue weighted by Crippen LogP contribution is -2.39. The molecule has 1 amide bonds. The molecule has 1 atom stereocenters. The first-order valence-corrected chi connectivity index (χ1v) is 9.13. The van der Waals surface area contributed by atoms with E-state index in [2.05, 4.69) is 12.2 Å². The van der Waals surface area contributed by atoms with Crippen LogP contribution in [0.3, 0.4) is 0 Å². The fraction of sp³-hybridized carbons (Fsp3) is 0.318. The number of piperidine rings is 1. The number of alkyl halides is 1. The summed E-state index contributed by atoms with van der Waals surface area (Å²) in [6.07, 6.45) is 5.20. The number of hydrogen-bond donors (Lipinski definition) is 1. The molecule has 0 saturated carbocycles. The van der Waals surface area contributed by atoms with Crippen LogP contribution in [0.25, 0.3) is 6.08 Å². The molecular formula is C22H22FNO2. The maximum absolute atomic E-state index is 13.3. The molecule has 1 aliphatic carbocycles. The molecule has 0 spiro atoms. The highest BCUT2D eigenvalue weighted by Gasteiger charge is 2.25. The summed E-state index contributed by atoms with van der Waals surface area (Å²) in [6.45, 7) is 0.993. The molecule has 1 unspecified atom stereocenters. The molecule has 26 heavy (non-hydrogen) atoms. The average molecular weight is 351 g/mol. The Balaban J connectivity index is 1.49. The number of fused-ring (bicyclic) bond motifs is 1. The summed E-state index contributed by atoms with van der Waals surface area (Å²) in [7, 11) is 0. The van der Waals surface area contributed by atoms with Gasteiger partial charge in [-0.2, -0.15) is 0 Å². The summed E-state index contributed by atoms with van der Waals surface area (Å²) in [5, 5.41) is 9.41. The van der Waals surface area contributed by atoms with Crippen LogP contribution in [0.15, 0.2) is 48.5 Å². The smallest absolute Gasteiger partial charge is 0.253 e. The summed E-state index contributed by atoms with van der Waals surface area (Å²) in [5.74, 6) is 0.548. The van der Waals surface area contributed by atoms with Gasteiger partial charge in [0, 0.05) is 24.6 Å². The summed E-state index contributed by atoms with van der Waals surface area (Å²) in [6, 6.07) is 13.2. The molecule has 1 saturated heterocycles. The number of hydrogen-bond acceptors (Lipinski definition) is 2. The zero-order chi connectivity index (χ0) is 18.1. The van der Waals surface area contributed by atoms with Crippen LogP contribution in [-0.2, 0) is 6.42 Å². The van der Waals surface area contributed by atoms with E-state index in [1.165, 1.54) is 11.1 Å². The minimum absolute atomic E-state index is 0.00455. The van der Waals surface area contributed by atoms with E-state index in [9.17, 15) is 14.3 Å². The number of amides is 1. The fourth-order valence-corrected chi connectivity index (χ4v) is 3.81. The van der Waals surface area contributed by atoms with Crippen molar-refractivity contribution in [3.8, 4) is 5.75 Å². The first kappa shape index (κ1) is 16.8.